The van der Waals surface area contributed by atoms with Crippen molar-refractivity contribution in [3.8, 4) is 0 Å². The van der Waals surface area contributed by atoms with Gasteiger partial charge in [-0.1, -0.05) is 133 Å². The molecule has 3 aromatic carbocycles. The molecule has 0 amide bonds. The molecule has 0 aliphatic carbocycles. The van der Waals surface area contributed by atoms with E-state index in [1.54, 1.807) is 0 Å². The van der Waals surface area contributed by atoms with Crippen LogP contribution in [0.1, 0.15) is 74.9 Å². The van der Waals surface area contributed by atoms with E-state index in [2.05, 4.69) is 128 Å². The molecule has 0 atom stereocenters. The SMILES string of the molecule is C=C/C(=C(\Cc1ccc(C(C)(C)C)cc1)c1ccc(C(C)(C)C)cc1)c1ccc(C)cc1. The van der Waals surface area contributed by atoms with Crippen LogP contribution in [0.3, 0.4) is 0 Å². The van der Waals surface area contributed by atoms with Crippen molar-refractivity contribution >= 4 is 11.1 Å². The fraction of sp³-hybridized carbons (Fsp3) is 0.312. The summed E-state index contributed by atoms with van der Waals surface area (Å²) in [6.45, 7) is 19.9. The molecule has 166 valence electrons. The van der Waals surface area contributed by atoms with Gasteiger partial charge < -0.3 is 0 Å². The second-order valence-corrected chi connectivity index (χ2v) is 10.9. The van der Waals surface area contributed by atoms with Gasteiger partial charge in [0.15, 0.2) is 0 Å². The van der Waals surface area contributed by atoms with Gasteiger partial charge in [-0.3, -0.25) is 0 Å². The van der Waals surface area contributed by atoms with Crippen LogP contribution in [-0.2, 0) is 17.3 Å². The highest BCUT2D eigenvalue weighted by atomic mass is 14.2. The van der Waals surface area contributed by atoms with Crippen molar-refractivity contribution in [2.75, 3.05) is 0 Å². The molecule has 32 heavy (non-hydrogen) atoms. The number of aryl methyl sites for hydroxylation is 1. The molecule has 0 heterocycles. The Morgan fingerprint density at radius 2 is 1.09 bits per heavy atom. The first-order valence-electron chi connectivity index (χ1n) is 11.6. The average molecular weight is 423 g/mol. The topological polar surface area (TPSA) is 0 Å². The Hall–Kier alpha value is -2.86. The lowest BCUT2D eigenvalue weighted by Gasteiger charge is -2.21. The second-order valence-electron chi connectivity index (χ2n) is 10.9. The predicted octanol–water partition coefficient (Wildman–Crippen LogP) is 8.93. The van der Waals surface area contributed by atoms with Gasteiger partial charge in [0.1, 0.15) is 0 Å². The third kappa shape index (κ3) is 5.68. The minimum Gasteiger partial charge on any atom is -0.0984 e. The van der Waals surface area contributed by atoms with Gasteiger partial charge in [0, 0.05) is 0 Å². The average Bonchev–Trinajstić information content (AvgIpc) is 2.74. The van der Waals surface area contributed by atoms with Gasteiger partial charge in [0.05, 0.1) is 0 Å². The molecule has 0 radical (unpaired) electrons. The molecule has 0 N–H and O–H groups in total. The first-order chi connectivity index (χ1) is 15.0. The van der Waals surface area contributed by atoms with E-state index >= 15 is 0 Å². The summed E-state index contributed by atoms with van der Waals surface area (Å²) < 4.78 is 0. The van der Waals surface area contributed by atoms with Crippen LogP contribution < -0.4 is 0 Å². The zero-order valence-corrected chi connectivity index (χ0v) is 20.9. The Bertz CT molecular complexity index is 1080. The summed E-state index contributed by atoms with van der Waals surface area (Å²) in [5.41, 5.74) is 10.6. The maximum absolute atomic E-state index is 4.19. The number of rotatable bonds is 5. The van der Waals surface area contributed by atoms with Crippen LogP contribution in [0.4, 0.5) is 0 Å². The van der Waals surface area contributed by atoms with E-state index < -0.39 is 0 Å². The Morgan fingerprint density at radius 1 is 0.656 bits per heavy atom. The van der Waals surface area contributed by atoms with E-state index in [4.69, 9.17) is 0 Å². The molecule has 3 aromatic rings. The normalized spacial score (nSPS) is 13.0. The Kier molecular flexibility index (Phi) is 6.94. The maximum Gasteiger partial charge on any atom is -0.00137 e. The molecule has 0 saturated carbocycles. The van der Waals surface area contributed by atoms with Gasteiger partial charge in [-0.25, -0.2) is 0 Å². The van der Waals surface area contributed by atoms with E-state index in [9.17, 15) is 0 Å². The number of hydrogen-bond acceptors (Lipinski definition) is 0. The highest BCUT2D eigenvalue weighted by Crippen LogP contribution is 2.33. The maximum atomic E-state index is 4.19. The summed E-state index contributed by atoms with van der Waals surface area (Å²) in [6.07, 6.45) is 2.88. The summed E-state index contributed by atoms with van der Waals surface area (Å²) in [6, 6.07) is 27.0. The van der Waals surface area contributed by atoms with Gasteiger partial charge in [0.25, 0.3) is 0 Å². The number of allylic oxidation sites excluding steroid dienone is 3. The zero-order valence-electron chi connectivity index (χ0n) is 20.9. The highest BCUT2D eigenvalue weighted by molar-refractivity contribution is 5.96. The Balaban J connectivity index is 2.10. The second kappa shape index (κ2) is 9.33. The van der Waals surface area contributed by atoms with Crippen LogP contribution in [-0.4, -0.2) is 0 Å². The molecule has 0 heteroatoms. The van der Waals surface area contributed by atoms with Crippen LogP contribution in [0.2, 0.25) is 0 Å². The van der Waals surface area contributed by atoms with Gasteiger partial charge in [-0.05, 0) is 63.1 Å². The van der Waals surface area contributed by atoms with E-state index in [-0.39, 0.29) is 10.8 Å². The van der Waals surface area contributed by atoms with Gasteiger partial charge in [-0.2, -0.15) is 0 Å². The Labute approximate surface area is 195 Å². The smallest absolute Gasteiger partial charge is 0.00137 e. The fourth-order valence-corrected chi connectivity index (χ4v) is 4.00. The summed E-state index contributed by atoms with van der Waals surface area (Å²) >= 11 is 0. The standard InChI is InChI=1S/C32H38/c1-9-29(25-14-10-23(2)11-15-25)30(26-16-20-28(21-17-26)32(6,7)8)22-24-12-18-27(19-13-24)31(3,4)5/h9-21H,1,22H2,2-8H3/b30-29-. The lowest BCUT2D eigenvalue weighted by Crippen LogP contribution is -2.11. The van der Waals surface area contributed by atoms with Gasteiger partial charge in [-0.15, -0.1) is 0 Å². The molecule has 0 aromatic heterocycles. The highest BCUT2D eigenvalue weighted by Gasteiger charge is 2.17. The quantitative estimate of drug-likeness (QED) is 0.284. The summed E-state index contributed by atoms with van der Waals surface area (Å²) in [7, 11) is 0. The van der Waals surface area contributed by atoms with E-state index in [1.165, 1.54) is 44.5 Å². The number of benzene rings is 3. The van der Waals surface area contributed by atoms with Crippen molar-refractivity contribution in [3.05, 3.63) is 119 Å². The molecule has 0 spiro atoms. The molecule has 0 unspecified atom stereocenters. The number of hydrogen-bond donors (Lipinski definition) is 0. The monoisotopic (exact) mass is 422 g/mol. The molecular weight excluding hydrogens is 384 g/mol. The van der Waals surface area contributed by atoms with Crippen LogP contribution in [0, 0.1) is 6.92 Å². The van der Waals surface area contributed by atoms with Crippen molar-refractivity contribution in [2.24, 2.45) is 0 Å². The molecule has 3 rings (SSSR count). The van der Waals surface area contributed by atoms with Crippen LogP contribution >= 0.6 is 0 Å². The molecule has 0 aliphatic rings. The van der Waals surface area contributed by atoms with Gasteiger partial charge in [0.2, 0.25) is 0 Å². The molecular formula is C32H38. The summed E-state index contributed by atoms with van der Waals surface area (Å²) in [5.74, 6) is 0. The minimum atomic E-state index is 0.142. The molecule has 0 fully saturated rings. The largest absolute Gasteiger partial charge is 0.0984 e. The Morgan fingerprint density at radius 3 is 1.53 bits per heavy atom. The molecule has 0 aliphatic heterocycles. The first-order valence-corrected chi connectivity index (χ1v) is 11.6. The minimum absolute atomic E-state index is 0.142. The zero-order chi connectivity index (χ0) is 23.5. The molecule has 0 nitrogen and oxygen atoms in total. The van der Waals surface area contributed by atoms with Crippen molar-refractivity contribution in [1.82, 2.24) is 0 Å². The summed E-state index contributed by atoms with van der Waals surface area (Å²) in [5, 5.41) is 0. The third-order valence-corrected chi connectivity index (χ3v) is 6.19. The van der Waals surface area contributed by atoms with E-state index in [0.717, 1.165) is 6.42 Å². The molecule has 0 bridgehead atoms. The van der Waals surface area contributed by atoms with Gasteiger partial charge >= 0.3 is 0 Å². The summed E-state index contributed by atoms with van der Waals surface area (Å²) in [4.78, 5) is 0. The molecule has 0 saturated heterocycles. The lowest BCUT2D eigenvalue weighted by atomic mass is 9.83. The fourth-order valence-electron chi connectivity index (χ4n) is 4.00. The van der Waals surface area contributed by atoms with Crippen LogP contribution in [0.25, 0.3) is 11.1 Å². The van der Waals surface area contributed by atoms with Crippen molar-refractivity contribution in [3.63, 3.8) is 0 Å². The van der Waals surface area contributed by atoms with Crippen molar-refractivity contribution < 1.29 is 0 Å². The predicted molar refractivity (Wildman–Crippen MR) is 142 cm³/mol. The lowest BCUT2D eigenvalue weighted by molar-refractivity contribution is 0.590. The third-order valence-electron chi connectivity index (χ3n) is 6.19. The van der Waals surface area contributed by atoms with Crippen molar-refractivity contribution in [2.45, 2.75) is 65.7 Å². The van der Waals surface area contributed by atoms with Crippen molar-refractivity contribution in [1.29, 1.82) is 0 Å². The van der Waals surface area contributed by atoms with Crippen LogP contribution in [0.15, 0.2) is 85.5 Å². The van der Waals surface area contributed by atoms with E-state index in [0.29, 0.717) is 0 Å². The van der Waals surface area contributed by atoms with Crippen LogP contribution in [0.5, 0.6) is 0 Å². The first kappa shape index (κ1) is 23.8. The van der Waals surface area contributed by atoms with E-state index in [1.807, 2.05) is 6.08 Å².